The zero-order valence-electron chi connectivity index (χ0n) is 13.6. The average Bonchev–Trinajstić information content (AvgIpc) is 2.26. The van der Waals surface area contributed by atoms with Gasteiger partial charge in [-0.2, -0.15) is 0 Å². The Morgan fingerprint density at radius 1 is 1.10 bits per heavy atom. The second-order valence-electron chi connectivity index (χ2n) is 7.51. The predicted molar refractivity (Wildman–Crippen MR) is 82.6 cm³/mol. The van der Waals surface area contributed by atoms with Gasteiger partial charge in [-0.15, -0.1) is 0 Å². The van der Waals surface area contributed by atoms with Crippen molar-refractivity contribution in [1.82, 2.24) is 5.32 Å². The van der Waals surface area contributed by atoms with Gasteiger partial charge in [0.05, 0.1) is 6.61 Å². The van der Waals surface area contributed by atoms with Gasteiger partial charge in [-0.3, -0.25) is 0 Å². The van der Waals surface area contributed by atoms with E-state index in [1.807, 2.05) is 0 Å². The number of ether oxygens (including phenoxy) is 1. The molecule has 0 amide bonds. The van der Waals surface area contributed by atoms with Gasteiger partial charge in [0, 0.05) is 17.6 Å². The Bertz CT molecular complexity index is 430. The van der Waals surface area contributed by atoms with Crippen LogP contribution in [-0.2, 0) is 6.54 Å². The molecule has 2 nitrogen and oxygen atoms in total. The molecule has 0 saturated heterocycles. The topological polar surface area (TPSA) is 21.3 Å². The van der Waals surface area contributed by atoms with E-state index in [1.165, 1.54) is 6.07 Å². The van der Waals surface area contributed by atoms with Gasteiger partial charge in [0.15, 0.2) is 0 Å². The molecule has 0 atom stereocenters. The summed E-state index contributed by atoms with van der Waals surface area (Å²) in [6.07, 6.45) is 0.969. The fourth-order valence-electron chi connectivity index (χ4n) is 1.65. The number of benzene rings is 1. The summed E-state index contributed by atoms with van der Waals surface area (Å²) in [4.78, 5) is 0. The summed E-state index contributed by atoms with van der Waals surface area (Å²) in [6, 6.07) is 4.72. The molecule has 0 spiro atoms. The van der Waals surface area contributed by atoms with Crippen LogP contribution in [0.15, 0.2) is 18.2 Å². The second kappa shape index (κ2) is 6.57. The van der Waals surface area contributed by atoms with Crippen LogP contribution in [0, 0.1) is 11.2 Å². The lowest BCUT2D eigenvalue weighted by molar-refractivity contribution is 0.240. The third-order valence-corrected chi connectivity index (χ3v) is 2.94. The first-order chi connectivity index (χ1) is 9.07. The molecular weight excluding hydrogens is 253 g/mol. The Morgan fingerprint density at radius 3 is 2.30 bits per heavy atom. The molecule has 0 aliphatic rings. The van der Waals surface area contributed by atoms with Crippen LogP contribution in [0.5, 0.6) is 5.75 Å². The molecular formula is C17H28FNO. The van der Waals surface area contributed by atoms with Crippen LogP contribution in [0.4, 0.5) is 4.39 Å². The predicted octanol–water partition coefficient (Wildman–Crippen LogP) is 4.53. The highest BCUT2D eigenvalue weighted by Crippen LogP contribution is 2.23. The van der Waals surface area contributed by atoms with Gasteiger partial charge in [-0.25, -0.2) is 4.39 Å². The Balaban J connectivity index is 2.70. The highest BCUT2D eigenvalue weighted by Gasteiger charge is 2.13. The zero-order chi connectivity index (χ0) is 15.4. The molecule has 1 rings (SSSR count). The molecule has 0 radical (unpaired) electrons. The van der Waals surface area contributed by atoms with Crippen molar-refractivity contribution in [2.45, 2.75) is 60.0 Å². The summed E-state index contributed by atoms with van der Waals surface area (Å²) in [7, 11) is 0. The Labute approximate surface area is 122 Å². The molecule has 0 saturated carbocycles. The Hall–Kier alpha value is -1.09. The largest absolute Gasteiger partial charge is 0.493 e. The maximum absolute atomic E-state index is 13.4. The van der Waals surface area contributed by atoms with Crippen molar-refractivity contribution < 1.29 is 9.13 Å². The van der Waals surface area contributed by atoms with Crippen molar-refractivity contribution in [3.63, 3.8) is 0 Å². The highest BCUT2D eigenvalue weighted by molar-refractivity contribution is 5.34. The van der Waals surface area contributed by atoms with Crippen molar-refractivity contribution in [2.75, 3.05) is 6.61 Å². The minimum atomic E-state index is -0.223. The maximum Gasteiger partial charge on any atom is 0.123 e. The number of rotatable bonds is 5. The summed E-state index contributed by atoms with van der Waals surface area (Å²) < 4.78 is 19.2. The van der Waals surface area contributed by atoms with Crippen molar-refractivity contribution >= 4 is 0 Å². The van der Waals surface area contributed by atoms with Crippen molar-refractivity contribution in [3.05, 3.63) is 29.6 Å². The molecule has 114 valence electrons. The summed E-state index contributed by atoms with van der Waals surface area (Å²) >= 11 is 0. The van der Waals surface area contributed by atoms with Gasteiger partial charge in [0.2, 0.25) is 0 Å². The number of halogens is 1. The molecule has 0 heterocycles. The number of nitrogens with one attached hydrogen (secondary N) is 1. The molecule has 0 fully saturated rings. The first-order valence-corrected chi connectivity index (χ1v) is 7.23. The summed E-state index contributed by atoms with van der Waals surface area (Å²) in [6.45, 7) is 14.1. The van der Waals surface area contributed by atoms with Gasteiger partial charge in [0.25, 0.3) is 0 Å². The third kappa shape index (κ3) is 6.90. The second-order valence-corrected chi connectivity index (χ2v) is 7.51. The minimum absolute atomic E-state index is 0.00496. The van der Waals surface area contributed by atoms with E-state index in [-0.39, 0.29) is 16.8 Å². The fourth-order valence-corrected chi connectivity index (χ4v) is 1.65. The van der Waals surface area contributed by atoms with E-state index in [0.717, 1.165) is 17.7 Å². The molecule has 20 heavy (non-hydrogen) atoms. The van der Waals surface area contributed by atoms with Crippen LogP contribution >= 0.6 is 0 Å². The number of hydrogen-bond acceptors (Lipinski definition) is 2. The van der Waals surface area contributed by atoms with E-state index in [4.69, 9.17) is 4.74 Å². The molecule has 0 bridgehead atoms. The highest BCUT2D eigenvalue weighted by atomic mass is 19.1. The molecule has 1 aromatic rings. The molecule has 0 aliphatic heterocycles. The fraction of sp³-hybridized carbons (Fsp3) is 0.647. The van der Waals surface area contributed by atoms with Crippen LogP contribution in [0.1, 0.15) is 53.5 Å². The quantitative estimate of drug-likeness (QED) is 0.856. The van der Waals surface area contributed by atoms with E-state index < -0.39 is 0 Å². The van der Waals surface area contributed by atoms with Crippen LogP contribution in [0.25, 0.3) is 0 Å². The summed E-state index contributed by atoms with van der Waals surface area (Å²) in [5.41, 5.74) is 1.10. The summed E-state index contributed by atoms with van der Waals surface area (Å²) in [5, 5.41) is 3.37. The van der Waals surface area contributed by atoms with Gasteiger partial charge < -0.3 is 10.1 Å². The molecule has 0 aromatic heterocycles. The van der Waals surface area contributed by atoms with E-state index >= 15 is 0 Å². The van der Waals surface area contributed by atoms with Crippen LogP contribution < -0.4 is 10.1 Å². The normalized spacial score (nSPS) is 12.6. The minimum Gasteiger partial charge on any atom is -0.493 e. The SMILES string of the molecule is CC(C)(C)CCOc1ccc(F)cc1CNC(C)(C)C. The average molecular weight is 281 g/mol. The van der Waals surface area contributed by atoms with Crippen LogP contribution in [-0.4, -0.2) is 12.1 Å². The summed E-state index contributed by atoms with van der Waals surface area (Å²) in [5.74, 6) is 0.547. The molecule has 0 aliphatic carbocycles. The molecule has 1 N–H and O–H groups in total. The first kappa shape index (κ1) is 17.0. The third-order valence-electron chi connectivity index (χ3n) is 2.94. The molecule has 3 heteroatoms. The van der Waals surface area contributed by atoms with Crippen molar-refractivity contribution in [2.24, 2.45) is 5.41 Å². The lowest BCUT2D eigenvalue weighted by atomic mass is 9.93. The van der Waals surface area contributed by atoms with Crippen molar-refractivity contribution in [1.29, 1.82) is 0 Å². The van der Waals surface area contributed by atoms with Gasteiger partial charge in [-0.05, 0) is 50.8 Å². The molecule has 1 aromatic carbocycles. The standard InChI is InChI=1S/C17H28FNO/c1-16(2,3)9-10-20-15-8-7-14(18)11-13(15)12-19-17(4,5)6/h7-8,11,19H,9-10,12H2,1-6H3. The zero-order valence-corrected chi connectivity index (χ0v) is 13.6. The van der Waals surface area contributed by atoms with E-state index in [9.17, 15) is 4.39 Å². The first-order valence-electron chi connectivity index (χ1n) is 7.23. The van der Waals surface area contributed by atoms with Gasteiger partial charge in [0.1, 0.15) is 11.6 Å². The lowest BCUT2D eigenvalue weighted by Crippen LogP contribution is -2.35. The number of hydrogen-bond donors (Lipinski definition) is 1. The maximum atomic E-state index is 13.4. The van der Waals surface area contributed by atoms with Crippen molar-refractivity contribution in [3.8, 4) is 5.75 Å². The monoisotopic (exact) mass is 281 g/mol. The lowest BCUT2D eigenvalue weighted by Gasteiger charge is -2.22. The van der Waals surface area contributed by atoms with Crippen LogP contribution in [0.3, 0.4) is 0 Å². The Morgan fingerprint density at radius 2 is 1.75 bits per heavy atom. The van der Waals surface area contributed by atoms with E-state index in [2.05, 4.69) is 46.9 Å². The molecule has 0 unspecified atom stereocenters. The van der Waals surface area contributed by atoms with E-state index in [1.54, 1.807) is 12.1 Å². The van der Waals surface area contributed by atoms with Gasteiger partial charge >= 0.3 is 0 Å². The van der Waals surface area contributed by atoms with Crippen LogP contribution in [0.2, 0.25) is 0 Å². The smallest absolute Gasteiger partial charge is 0.123 e. The van der Waals surface area contributed by atoms with Gasteiger partial charge in [-0.1, -0.05) is 20.8 Å². The Kier molecular flexibility index (Phi) is 5.58. The van der Waals surface area contributed by atoms with E-state index in [0.29, 0.717) is 13.2 Å².